The number of nitrogens with one attached hydrogen (secondary N) is 2. The number of ether oxygens (including phenoxy) is 2. The Kier molecular flexibility index (Phi) is 5.71. The lowest BCUT2D eigenvalue weighted by Crippen LogP contribution is -2.14. The number of amides is 1. The first-order valence-corrected chi connectivity index (χ1v) is 9.05. The Morgan fingerprint density at radius 2 is 1.93 bits per heavy atom. The van der Waals surface area contributed by atoms with Crippen LogP contribution in [-0.2, 0) is 9.47 Å². The molecule has 2 aromatic heterocycles. The van der Waals surface area contributed by atoms with Crippen molar-refractivity contribution in [2.75, 3.05) is 25.6 Å². The number of rotatable bonds is 6. The van der Waals surface area contributed by atoms with Gasteiger partial charge in [0, 0.05) is 18.9 Å². The number of H-pyrrole nitrogens is 1. The van der Waals surface area contributed by atoms with Crippen LogP contribution in [0, 0.1) is 25.5 Å². The minimum absolute atomic E-state index is 0.0970. The highest BCUT2D eigenvalue weighted by Gasteiger charge is 2.23. The third-order valence-electron chi connectivity index (χ3n) is 4.04. The predicted molar refractivity (Wildman–Crippen MR) is 99.9 cm³/mol. The zero-order chi connectivity index (χ0) is 20.4. The number of aryl methyl sites for hydroxylation is 1. The van der Waals surface area contributed by atoms with E-state index in [0.717, 1.165) is 23.5 Å². The summed E-state index contributed by atoms with van der Waals surface area (Å²) in [7, 11) is 1.49. The molecule has 2 heterocycles. The second kappa shape index (κ2) is 8.03. The van der Waals surface area contributed by atoms with E-state index in [-0.39, 0.29) is 35.1 Å². The number of hydrogen-bond acceptors (Lipinski definition) is 6. The van der Waals surface area contributed by atoms with Gasteiger partial charge in [-0.1, -0.05) is 11.3 Å². The highest BCUT2D eigenvalue weighted by atomic mass is 32.1. The smallest absolute Gasteiger partial charge is 0.340 e. The van der Waals surface area contributed by atoms with Crippen LogP contribution in [0.2, 0.25) is 0 Å². The first kappa shape index (κ1) is 19.9. The fourth-order valence-corrected chi connectivity index (χ4v) is 3.58. The zero-order valence-electron chi connectivity index (χ0n) is 15.3. The standard InChI is InChI=1S/C18H17F2N3O4S/c1-8-14(17(25)27-5-4-26-3)9(2)21-15(8)16(24)23-18-22-12-6-10(19)11(20)7-13(12)28-18/h6-7,21H,4-5H2,1-3H3,(H,22,23,24). The van der Waals surface area contributed by atoms with E-state index < -0.39 is 23.5 Å². The lowest BCUT2D eigenvalue weighted by atomic mass is 10.1. The van der Waals surface area contributed by atoms with Gasteiger partial charge in [-0.2, -0.15) is 0 Å². The van der Waals surface area contributed by atoms with E-state index in [4.69, 9.17) is 9.47 Å². The normalized spacial score (nSPS) is 11.0. The summed E-state index contributed by atoms with van der Waals surface area (Å²) in [4.78, 5) is 31.8. The molecule has 3 rings (SSSR count). The van der Waals surface area contributed by atoms with Gasteiger partial charge in [-0.15, -0.1) is 0 Å². The van der Waals surface area contributed by atoms with Gasteiger partial charge in [0.1, 0.15) is 12.3 Å². The van der Waals surface area contributed by atoms with Crippen molar-refractivity contribution in [2.24, 2.45) is 0 Å². The summed E-state index contributed by atoms with van der Waals surface area (Å²) in [5.74, 6) is -3.09. The summed E-state index contributed by atoms with van der Waals surface area (Å²) < 4.78 is 37.0. The number of aromatic amines is 1. The molecule has 0 aliphatic heterocycles. The Balaban J connectivity index is 1.81. The monoisotopic (exact) mass is 409 g/mol. The van der Waals surface area contributed by atoms with Gasteiger partial charge in [0.2, 0.25) is 0 Å². The number of carbonyl (C=O) groups is 2. The lowest BCUT2D eigenvalue weighted by Gasteiger charge is -2.05. The van der Waals surface area contributed by atoms with Crippen LogP contribution in [0.25, 0.3) is 10.2 Å². The SMILES string of the molecule is COCCOC(=O)c1c(C)[nH]c(C(=O)Nc2nc3cc(F)c(F)cc3s2)c1C. The van der Waals surface area contributed by atoms with Gasteiger partial charge >= 0.3 is 5.97 Å². The Morgan fingerprint density at radius 3 is 2.64 bits per heavy atom. The van der Waals surface area contributed by atoms with E-state index in [9.17, 15) is 18.4 Å². The molecule has 0 saturated carbocycles. The summed E-state index contributed by atoms with van der Waals surface area (Å²) in [6, 6.07) is 1.99. The largest absolute Gasteiger partial charge is 0.460 e. The topological polar surface area (TPSA) is 93.3 Å². The highest BCUT2D eigenvalue weighted by molar-refractivity contribution is 7.22. The van der Waals surface area contributed by atoms with Crippen molar-refractivity contribution in [1.29, 1.82) is 0 Å². The zero-order valence-corrected chi connectivity index (χ0v) is 16.1. The second-order valence-electron chi connectivity index (χ2n) is 5.96. The average Bonchev–Trinajstić information content (AvgIpc) is 3.14. The number of nitrogens with zero attached hydrogens (tertiary/aromatic N) is 1. The molecular formula is C18H17F2N3O4S. The fraction of sp³-hybridized carbons (Fsp3) is 0.278. The fourth-order valence-electron chi connectivity index (χ4n) is 2.71. The number of methoxy groups -OCH3 is 1. The maximum absolute atomic E-state index is 13.3. The van der Waals surface area contributed by atoms with Crippen LogP contribution in [0.3, 0.4) is 0 Å². The first-order valence-electron chi connectivity index (χ1n) is 8.24. The van der Waals surface area contributed by atoms with Crippen molar-refractivity contribution >= 4 is 38.6 Å². The summed E-state index contributed by atoms with van der Waals surface area (Å²) >= 11 is 1.01. The van der Waals surface area contributed by atoms with Crippen molar-refractivity contribution in [1.82, 2.24) is 9.97 Å². The van der Waals surface area contributed by atoms with Crippen molar-refractivity contribution in [2.45, 2.75) is 13.8 Å². The molecule has 0 fully saturated rings. The number of aromatic nitrogens is 2. The molecule has 0 saturated heterocycles. The van der Waals surface area contributed by atoms with Gasteiger partial charge in [0.05, 0.1) is 22.4 Å². The number of fused-ring (bicyclic) bond motifs is 1. The molecule has 148 valence electrons. The van der Waals surface area contributed by atoms with Crippen molar-refractivity contribution < 1.29 is 27.8 Å². The second-order valence-corrected chi connectivity index (χ2v) is 6.99. The maximum atomic E-state index is 13.3. The van der Waals surface area contributed by atoms with Gasteiger partial charge < -0.3 is 14.5 Å². The molecule has 0 bridgehead atoms. The molecule has 0 aliphatic carbocycles. The summed E-state index contributed by atoms with van der Waals surface area (Å²) in [6.07, 6.45) is 0. The summed E-state index contributed by atoms with van der Waals surface area (Å²) in [6.45, 7) is 3.63. The Hall–Kier alpha value is -2.85. The molecule has 10 heteroatoms. The Labute approximate surface area is 162 Å². The van der Waals surface area contributed by atoms with E-state index >= 15 is 0 Å². The molecule has 0 unspecified atom stereocenters. The van der Waals surface area contributed by atoms with Gasteiger partial charge in [0.15, 0.2) is 16.8 Å². The quantitative estimate of drug-likeness (QED) is 0.480. The number of halogens is 2. The molecule has 0 radical (unpaired) electrons. The highest BCUT2D eigenvalue weighted by Crippen LogP contribution is 2.28. The number of hydrogen-bond donors (Lipinski definition) is 2. The third kappa shape index (κ3) is 3.87. The van der Waals surface area contributed by atoms with Gasteiger partial charge in [0.25, 0.3) is 5.91 Å². The summed E-state index contributed by atoms with van der Waals surface area (Å²) in [5, 5.41) is 2.76. The van der Waals surface area contributed by atoms with Crippen LogP contribution in [0.4, 0.5) is 13.9 Å². The van der Waals surface area contributed by atoms with E-state index in [1.165, 1.54) is 7.11 Å². The molecule has 28 heavy (non-hydrogen) atoms. The van der Waals surface area contributed by atoms with Crippen molar-refractivity contribution in [3.8, 4) is 0 Å². The van der Waals surface area contributed by atoms with Crippen LogP contribution >= 0.6 is 11.3 Å². The van der Waals surface area contributed by atoms with Crippen LogP contribution in [0.15, 0.2) is 12.1 Å². The molecule has 0 aliphatic rings. The van der Waals surface area contributed by atoms with E-state index in [1.54, 1.807) is 13.8 Å². The van der Waals surface area contributed by atoms with Gasteiger partial charge in [-0.3, -0.25) is 10.1 Å². The molecule has 7 nitrogen and oxygen atoms in total. The molecule has 0 spiro atoms. The molecule has 3 aromatic rings. The van der Waals surface area contributed by atoms with Crippen molar-refractivity contribution in [3.05, 3.63) is 46.3 Å². The number of benzene rings is 1. The van der Waals surface area contributed by atoms with Gasteiger partial charge in [-0.05, 0) is 25.5 Å². The minimum Gasteiger partial charge on any atom is -0.460 e. The van der Waals surface area contributed by atoms with Crippen LogP contribution in [0.5, 0.6) is 0 Å². The van der Waals surface area contributed by atoms with E-state index in [1.807, 2.05) is 0 Å². The number of thiazole rings is 1. The van der Waals surface area contributed by atoms with E-state index in [0.29, 0.717) is 16.0 Å². The lowest BCUT2D eigenvalue weighted by molar-refractivity contribution is 0.0387. The average molecular weight is 409 g/mol. The minimum atomic E-state index is -1.01. The van der Waals surface area contributed by atoms with Crippen LogP contribution < -0.4 is 5.32 Å². The summed E-state index contributed by atoms with van der Waals surface area (Å²) in [5.41, 5.74) is 1.60. The predicted octanol–water partition coefficient (Wildman–Crippen LogP) is 3.57. The van der Waals surface area contributed by atoms with E-state index in [2.05, 4.69) is 15.3 Å². The number of esters is 1. The van der Waals surface area contributed by atoms with Crippen molar-refractivity contribution in [3.63, 3.8) is 0 Å². The van der Waals surface area contributed by atoms with Gasteiger partial charge in [-0.25, -0.2) is 18.6 Å². The Bertz CT molecular complexity index is 1020. The van der Waals surface area contributed by atoms with Crippen LogP contribution in [0.1, 0.15) is 32.1 Å². The third-order valence-corrected chi connectivity index (χ3v) is 4.97. The Morgan fingerprint density at radius 1 is 1.21 bits per heavy atom. The number of carbonyl (C=O) groups excluding carboxylic acids is 2. The molecule has 1 aromatic carbocycles. The molecule has 0 atom stereocenters. The maximum Gasteiger partial charge on any atom is 0.340 e. The molecule has 2 N–H and O–H groups in total. The van der Waals surface area contributed by atoms with Crippen LogP contribution in [-0.4, -0.2) is 42.2 Å². The first-order chi connectivity index (χ1) is 13.3. The molecular weight excluding hydrogens is 392 g/mol. The molecule has 1 amide bonds. The number of anilines is 1.